The summed E-state index contributed by atoms with van der Waals surface area (Å²) in [5.74, 6) is 1.29. The number of hydrogen-bond acceptors (Lipinski definition) is 7. The van der Waals surface area contributed by atoms with Gasteiger partial charge in [-0.2, -0.15) is 13.2 Å². The van der Waals surface area contributed by atoms with Crippen molar-refractivity contribution in [1.82, 2.24) is 0 Å². The van der Waals surface area contributed by atoms with Crippen molar-refractivity contribution in [1.29, 1.82) is 0 Å². The van der Waals surface area contributed by atoms with Crippen molar-refractivity contribution < 1.29 is 41.3 Å². The Morgan fingerprint density at radius 2 is 1.65 bits per heavy atom. The molecule has 2 heterocycles. The molecule has 0 spiro atoms. The smallest absolute Gasteiger partial charge is 0.416 e. The van der Waals surface area contributed by atoms with E-state index < -0.39 is 17.6 Å². The molecule has 0 unspecified atom stereocenters. The van der Waals surface area contributed by atoms with Gasteiger partial charge in [-0.1, -0.05) is 0 Å². The average Bonchev–Trinajstić information content (AvgIpc) is 3.37. The molecule has 1 aliphatic heterocycles. The summed E-state index contributed by atoms with van der Waals surface area (Å²) in [6, 6.07) is 9.78. The van der Waals surface area contributed by atoms with E-state index >= 15 is 0 Å². The van der Waals surface area contributed by atoms with E-state index in [0.717, 1.165) is 12.1 Å². The molecule has 0 atom stereocenters. The zero-order valence-electron chi connectivity index (χ0n) is 20.6. The summed E-state index contributed by atoms with van der Waals surface area (Å²) in [6.07, 6.45) is -4.32. The molecule has 198 valence electrons. The fourth-order valence-electron chi connectivity index (χ4n) is 4.10. The number of hydrogen-bond donors (Lipinski definition) is 1. The zero-order valence-corrected chi connectivity index (χ0v) is 20.6. The molecule has 0 aliphatic carbocycles. The monoisotopic (exact) mass is 520 g/mol. The number of carbonyl (C=O) groups is 1. The van der Waals surface area contributed by atoms with Gasteiger partial charge in [-0.05, 0) is 30.3 Å². The van der Waals surface area contributed by atoms with Gasteiger partial charge in [0.05, 0.1) is 51.5 Å². The van der Waals surface area contributed by atoms with Gasteiger partial charge in [-0.25, -0.2) is 0 Å². The van der Waals surface area contributed by atoms with Crippen molar-refractivity contribution in [2.45, 2.75) is 12.6 Å². The van der Waals surface area contributed by atoms with Crippen LogP contribution >= 0.6 is 0 Å². The Kier molecular flexibility index (Phi) is 7.82. The van der Waals surface area contributed by atoms with Crippen LogP contribution in [0.5, 0.6) is 17.2 Å². The molecule has 4 rings (SSSR count). The second kappa shape index (κ2) is 11.0. The Hall–Kier alpha value is -3.86. The van der Waals surface area contributed by atoms with E-state index in [1.54, 1.807) is 18.2 Å². The number of carbonyl (C=O) groups excluding carboxylic acids is 1. The minimum absolute atomic E-state index is 0.0400. The van der Waals surface area contributed by atoms with Gasteiger partial charge in [0.2, 0.25) is 0 Å². The van der Waals surface area contributed by atoms with E-state index in [2.05, 4.69) is 5.32 Å². The average molecular weight is 521 g/mol. The number of amides is 1. The topological polar surface area (TPSA) is 82.4 Å². The molecule has 3 aromatic rings. The van der Waals surface area contributed by atoms with E-state index in [1.165, 1.54) is 33.5 Å². The number of rotatable bonds is 8. The SMILES string of the molecule is COc1cc(OC)c(Cc2ccc(C(=O)Nc3cc(C(F)(F)F)ccc3N3CCOCC3)o2)c(OC)c1. The summed E-state index contributed by atoms with van der Waals surface area (Å²) >= 11 is 0. The number of alkyl halides is 3. The highest BCUT2D eigenvalue weighted by molar-refractivity contribution is 6.04. The molecule has 1 aliphatic rings. The van der Waals surface area contributed by atoms with Gasteiger partial charge in [0.1, 0.15) is 23.0 Å². The van der Waals surface area contributed by atoms with E-state index in [-0.39, 0.29) is 17.9 Å². The Bertz CT molecular complexity index is 1230. The Morgan fingerprint density at radius 1 is 0.973 bits per heavy atom. The number of halogens is 3. The molecule has 2 aromatic carbocycles. The maximum Gasteiger partial charge on any atom is 0.416 e. The van der Waals surface area contributed by atoms with E-state index in [9.17, 15) is 18.0 Å². The number of morpholine rings is 1. The molecule has 1 aromatic heterocycles. The lowest BCUT2D eigenvalue weighted by atomic mass is 10.1. The quantitative estimate of drug-likeness (QED) is 0.448. The Labute approximate surface area is 211 Å². The summed E-state index contributed by atoms with van der Waals surface area (Å²) in [5, 5.41) is 2.59. The van der Waals surface area contributed by atoms with Crippen LogP contribution in [0, 0.1) is 0 Å². The number of furan rings is 1. The van der Waals surface area contributed by atoms with Crippen LogP contribution in [-0.2, 0) is 17.3 Å². The third-order valence-corrected chi connectivity index (χ3v) is 5.98. The van der Waals surface area contributed by atoms with Crippen molar-refractivity contribution in [3.05, 3.63) is 65.1 Å². The standard InChI is InChI=1S/C26H27F3N2O6/c1-33-18-14-23(34-2)19(24(15-18)35-3)13-17-5-7-22(37-17)25(32)30-20-12-16(26(27,28)29)4-6-21(20)31-8-10-36-11-9-31/h4-7,12,14-15H,8-11,13H2,1-3H3,(H,30,32). The van der Waals surface area contributed by atoms with Crippen LogP contribution in [0.4, 0.5) is 24.5 Å². The normalized spacial score (nSPS) is 13.8. The fourth-order valence-corrected chi connectivity index (χ4v) is 4.10. The first-order chi connectivity index (χ1) is 17.7. The van der Waals surface area contributed by atoms with Gasteiger partial charge in [0, 0.05) is 37.2 Å². The number of benzene rings is 2. The van der Waals surface area contributed by atoms with Gasteiger partial charge < -0.3 is 33.6 Å². The van der Waals surface area contributed by atoms with Crippen LogP contribution in [0.3, 0.4) is 0 Å². The first kappa shape index (κ1) is 26.2. The maximum absolute atomic E-state index is 13.4. The first-order valence-corrected chi connectivity index (χ1v) is 11.5. The molecule has 8 nitrogen and oxygen atoms in total. The first-order valence-electron chi connectivity index (χ1n) is 11.5. The molecule has 11 heteroatoms. The fraction of sp³-hybridized carbons (Fsp3) is 0.346. The molecular weight excluding hydrogens is 493 g/mol. The van der Waals surface area contributed by atoms with Crippen molar-refractivity contribution in [2.75, 3.05) is 57.8 Å². The third kappa shape index (κ3) is 5.93. The summed E-state index contributed by atoms with van der Waals surface area (Å²) < 4.78 is 67.4. The van der Waals surface area contributed by atoms with Crippen LogP contribution in [-0.4, -0.2) is 53.5 Å². The minimum Gasteiger partial charge on any atom is -0.496 e. The van der Waals surface area contributed by atoms with Gasteiger partial charge in [-0.3, -0.25) is 4.79 Å². The second-order valence-electron chi connectivity index (χ2n) is 8.24. The Morgan fingerprint density at radius 3 is 2.24 bits per heavy atom. The highest BCUT2D eigenvalue weighted by Gasteiger charge is 2.32. The molecule has 0 radical (unpaired) electrons. The van der Waals surface area contributed by atoms with Crippen molar-refractivity contribution in [2.24, 2.45) is 0 Å². The number of ether oxygens (including phenoxy) is 4. The van der Waals surface area contributed by atoms with Crippen molar-refractivity contribution in [3.63, 3.8) is 0 Å². The van der Waals surface area contributed by atoms with Crippen LogP contribution in [0.25, 0.3) is 0 Å². The predicted molar refractivity (Wildman–Crippen MR) is 130 cm³/mol. The summed E-state index contributed by atoms with van der Waals surface area (Å²) in [7, 11) is 4.56. The summed E-state index contributed by atoms with van der Waals surface area (Å²) in [6.45, 7) is 1.86. The predicted octanol–water partition coefficient (Wildman–Crippen LogP) is 5.00. The van der Waals surface area contributed by atoms with Crippen LogP contribution in [0.1, 0.15) is 27.4 Å². The molecule has 1 amide bonds. The maximum atomic E-state index is 13.4. The number of nitrogens with one attached hydrogen (secondary N) is 1. The lowest BCUT2D eigenvalue weighted by molar-refractivity contribution is -0.137. The third-order valence-electron chi connectivity index (χ3n) is 5.98. The number of nitrogens with zero attached hydrogens (tertiary/aromatic N) is 1. The highest BCUT2D eigenvalue weighted by Crippen LogP contribution is 2.37. The largest absolute Gasteiger partial charge is 0.496 e. The molecule has 0 bridgehead atoms. The zero-order chi connectivity index (χ0) is 26.6. The van der Waals surface area contributed by atoms with Gasteiger partial charge in [0.15, 0.2) is 5.76 Å². The Balaban J connectivity index is 1.58. The van der Waals surface area contributed by atoms with Crippen LogP contribution in [0.15, 0.2) is 46.9 Å². The van der Waals surface area contributed by atoms with Crippen LogP contribution in [0.2, 0.25) is 0 Å². The summed E-state index contributed by atoms with van der Waals surface area (Å²) in [4.78, 5) is 14.9. The van der Waals surface area contributed by atoms with E-state index in [1.807, 2.05) is 4.90 Å². The molecule has 37 heavy (non-hydrogen) atoms. The van der Waals surface area contributed by atoms with Gasteiger partial charge in [0.25, 0.3) is 5.91 Å². The molecule has 0 saturated carbocycles. The van der Waals surface area contributed by atoms with Gasteiger partial charge >= 0.3 is 6.18 Å². The number of anilines is 2. The lowest BCUT2D eigenvalue weighted by Gasteiger charge is -2.30. The second-order valence-corrected chi connectivity index (χ2v) is 8.24. The lowest BCUT2D eigenvalue weighted by Crippen LogP contribution is -2.36. The highest BCUT2D eigenvalue weighted by atomic mass is 19.4. The van der Waals surface area contributed by atoms with Crippen LogP contribution < -0.4 is 24.4 Å². The van der Waals surface area contributed by atoms with Gasteiger partial charge in [-0.15, -0.1) is 0 Å². The van der Waals surface area contributed by atoms with E-state index in [0.29, 0.717) is 60.6 Å². The summed E-state index contributed by atoms with van der Waals surface area (Å²) in [5.41, 5.74) is 0.334. The molecular formula is C26H27F3N2O6. The molecule has 1 N–H and O–H groups in total. The van der Waals surface area contributed by atoms with E-state index in [4.69, 9.17) is 23.4 Å². The van der Waals surface area contributed by atoms with Crippen molar-refractivity contribution >= 4 is 17.3 Å². The van der Waals surface area contributed by atoms with Crippen molar-refractivity contribution in [3.8, 4) is 17.2 Å². The number of methoxy groups -OCH3 is 3. The minimum atomic E-state index is -4.56. The molecule has 1 saturated heterocycles. The molecule has 1 fully saturated rings.